The smallest absolute Gasteiger partial charge is 0.0554 e. The van der Waals surface area contributed by atoms with E-state index in [0.717, 1.165) is 19.5 Å². The maximum absolute atomic E-state index is 4.29. The molecule has 2 rings (SSSR count). The van der Waals surface area contributed by atoms with Crippen molar-refractivity contribution in [2.45, 2.75) is 32.4 Å². The van der Waals surface area contributed by atoms with E-state index in [1.807, 2.05) is 6.20 Å². The summed E-state index contributed by atoms with van der Waals surface area (Å²) in [5.41, 5.74) is 1.35. The van der Waals surface area contributed by atoms with Crippen LogP contribution in [0.25, 0.3) is 0 Å². The number of rotatable bonds is 3. The lowest BCUT2D eigenvalue weighted by molar-refractivity contribution is 0.355. The largest absolute Gasteiger partial charge is 0.309 e. The third-order valence-corrected chi connectivity index (χ3v) is 2.37. The SMILES string of the molecule is CCCn1nccc1C1CCN1. The predicted octanol–water partition coefficient (Wildman–Crippen LogP) is 1.33. The Balaban J connectivity index is 2.12. The topological polar surface area (TPSA) is 29.9 Å². The molecular formula is C9H15N3. The second-order valence-corrected chi connectivity index (χ2v) is 3.27. The van der Waals surface area contributed by atoms with E-state index < -0.39 is 0 Å². The highest BCUT2D eigenvalue weighted by Gasteiger charge is 2.21. The fourth-order valence-corrected chi connectivity index (χ4v) is 1.58. The molecular weight excluding hydrogens is 150 g/mol. The van der Waals surface area contributed by atoms with Crippen molar-refractivity contribution in [3.8, 4) is 0 Å². The third-order valence-electron chi connectivity index (χ3n) is 2.37. The van der Waals surface area contributed by atoms with E-state index in [0.29, 0.717) is 6.04 Å². The Bertz CT molecular complexity index is 250. The molecule has 0 bridgehead atoms. The molecule has 2 heterocycles. The third kappa shape index (κ3) is 1.25. The van der Waals surface area contributed by atoms with Gasteiger partial charge in [0.05, 0.1) is 11.7 Å². The molecule has 0 aliphatic carbocycles. The normalized spacial score (nSPS) is 22.2. The van der Waals surface area contributed by atoms with E-state index in [1.165, 1.54) is 12.1 Å². The number of aryl methyl sites for hydroxylation is 1. The summed E-state index contributed by atoms with van der Waals surface area (Å²) in [4.78, 5) is 0. The van der Waals surface area contributed by atoms with Gasteiger partial charge in [0, 0.05) is 12.7 Å². The van der Waals surface area contributed by atoms with E-state index in [1.54, 1.807) is 0 Å². The van der Waals surface area contributed by atoms with Crippen molar-refractivity contribution in [3.05, 3.63) is 18.0 Å². The van der Waals surface area contributed by atoms with Crippen LogP contribution in [0, 0.1) is 0 Å². The zero-order valence-corrected chi connectivity index (χ0v) is 7.45. The molecule has 0 spiro atoms. The van der Waals surface area contributed by atoms with Crippen LogP contribution in [0.2, 0.25) is 0 Å². The van der Waals surface area contributed by atoms with Crippen LogP contribution in [0.4, 0.5) is 0 Å². The lowest BCUT2D eigenvalue weighted by Crippen LogP contribution is -2.36. The summed E-state index contributed by atoms with van der Waals surface area (Å²) < 4.78 is 2.11. The first-order valence-electron chi connectivity index (χ1n) is 4.67. The molecule has 1 aliphatic rings. The standard InChI is InChI=1S/C9H15N3/c1-2-7-12-9(4-6-11-12)8-3-5-10-8/h4,6,8,10H,2-3,5,7H2,1H3. The van der Waals surface area contributed by atoms with Gasteiger partial charge in [-0.1, -0.05) is 6.92 Å². The highest BCUT2D eigenvalue weighted by Crippen LogP contribution is 2.22. The number of nitrogens with one attached hydrogen (secondary N) is 1. The van der Waals surface area contributed by atoms with Gasteiger partial charge in [-0.15, -0.1) is 0 Å². The number of hydrogen-bond acceptors (Lipinski definition) is 2. The van der Waals surface area contributed by atoms with Gasteiger partial charge in [-0.05, 0) is 25.5 Å². The van der Waals surface area contributed by atoms with Crippen LogP contribution in [0.1, 0.15) is 31.5 Å². The summed E-state index contributed by atoms with van der Waals surface area (Å²) in [6.07, 6.45) is 4.31. The van der Waals surface area contributed by atoms with E-state index in [-0.39, 0.29) is 0 Å². The average molecular weight is 165 g/mol. The molecule has 1 aliphatic heterocycles. The molecule has 0 aromatic carbocycles. The monoisotopic (exact) mass is 165 g/mol. The Hall–Kier alpha value is -0.830. The molecule has 1 fully saturated rings. The minimum atomic E-state index is 0.569. The Morgan fingerprint density at radius 3 is 3.17 bits per heavy atom. The Morgan fingerprint density at radius 2 is 2.58 bits per heavy atom. The van der Waals surface area contributed by atoms with Crippen molar-refractivity contribution < 1.29 is 0 Å². The molecule has 3 heteroatoms. The van der Waals surface area contributed by atoms with E-state index >= 15 is 0 Å². The van der Waals surface area contributed by atoms with Gasteiger partial charge in [0.2, 0.25) is 0 Å². The Labute approximate surface area is 72.8 Å². The summed E-state index contributed by atoms with van der Waals surface area (Å²) in [5.74, 6) is 0. The number of aromatic nitrogens is 2. The van der Waals surface area contributed by atoms with Crippen LogP contribution < -0.4 is 5.32 Å². The summed E-state index contributed by atoms with van der Waals surface area (Å²) in [6, 6.07) is 2.69. The van der Waals surface area contributed by atoms with Gasteiger partial charge in [0.25, 0.3) is 0 Å². The Morgan fingerprint density at radius 1 is 1.75 bits per heavy atom. The van der Waals surface area contributed by atoms with E-state index in [2.05, 4.69) is 28.1 Å². The highest BCUT2D eigenvalue weighted by molar-refractivity contribution is 5.09. The van der Waals surface area contributed by atoms with Crippen LogP contribution in [-0.2, 0) is 6.54 Å². The average Bonchev–Trinajstić information content (AvgIpc) is 2.35. The Kier molecular flexibility index (Phi) is 2.13. The number of nitrogens with zero attached hydrogens (tertiary/aromatic N) is 2. The first-order chi connectivity index (χ1) is 5.92. The molecule has 0 saturated carbocycles. The van der Waals surface area contributed by atoms with Gasteiger partial charge < -0.3 is 5.32 Å². The van der Waals surface area contributed by atoms with Gasteiger partial charge in [-0.25, -0.2) is 0 Å². The summed E-state index contributed by atoms with van der Waals surface area (Å²) in [5, 5.41) is 7.67. The van der Waals surface area contributed by atoms with E-state index in [4.69, 9.17) is 0 Å². The summed E-state index contributed by atoms with van der Waals surface area (Å²) in [6.45, 7) is 4.38. The maximum Gasteiger partial charge on any atom is 0.0554 e. The molecule has 66 valence electrons. The minimum absolute atomic E-state index is 0.569. The number of hydrogen-bond donors (Lipinski definition) is 1. The molecule has 1 N–H and O–H groups in total. The van der Waals surface area contributed by atoms with Crippen LogP contribution in [0.3, 0.4) is 0 Å². The summed E-state index contributed by atoms with van der Waals surface area (Å²) in [7, 11) is 0. The highest BCUT2D eigenvalue weighted by atomic mass is 15.3. The van der Waals surface area contributed by atoms with Crippen molar-refractivity contribution in [3.63, 3.8) is 0 Å². The molecule has 1 unspecified atom stereocenters. The van der Waals surface area contributed by atoms with Gasteiger partial charge in [-0.2, -0.15) is 5.10 Å². The first kappa shape index (κ1) is 7.80. The predicted molar refractivity (Wildman–Crippen MR) is 47.9 cm³/mol. The lowest BCUT2D eigenvalue weighted by Gasteiger charge is -2.28. The zero-order chi connectivity index (χ0) is 8.39. The molecule has 1 saturated heterocycles. The molecule has 0 amide bonds. The van der Waals surface area contributed by atoms with Crippen LogP contribution in [0.5, 0.6) is 0 Å². The lowest BCUT2D eigenvalue weighted by atomic mass is 10.0. The van der Waals surface area contributed by atoms with Gasteiger partial charge in [0.1, 0.15) is 0 Å². The maximum atomic E-state index is 4.29. The molecule has 12 heavy (non-hydrogen) atoms. The van der Waals surface area contributed by atoms with Crippen molar-refractivity contribution in [2.75, 3.05) is 6.54 Å². The minimum Gasteiger partial charge on any atom is -0.309 e. The van der Waals surface area contributed by atoms with Crippen LogP contribution in [-0.4, -0.2) is 16.3 Å². The van der Waals surface area contributed by atoms with E-state index in [9.17, 15) is 0 Å². The van der Waals surface area contributed by atoms with Crippen molar-refractivity contribution in [1.29, 1.82) is 0 Å². The van der Waals surface area contributed by atoms with Gasteiger partial charge in [-0.3, -0.25) is 4.68 Å². The van der Waals surface area contributed by atoms with Gasteiger partial charge >= 0.3 is 0 Å². The molecule has 0 radical (unpaired) electrons. The van der Waals surface area contributed by atoms with Gasteiger partial charge in [0.15, 0.2) is 0 Å². The van der Waals surface area contributed by atoms with Crippen LogP contribution >= 0.6 is 0 Å². The van der Waals surface area contributed by atoms with Crippen LogP contribution in [0.15, 0.2) is 12.3 Å². The van der Waals surface area contributed by atoms with Crippen molar-refractivity contribution in [2.24, 2.45) is 0 Å². The quantitative estimate of drug-likeness (QED) is 0.732. The summed E-state index contributed by atoms with van der Waals surface area (Å²) >= 11 is 0. The fourth-order valence-electron chi connectivity index (χ4n) is 1.58. The fraction of sp³-hybridized carbons (Fsp3) is 0.667. The van der Waals surface area contributed by atoms with Crippen molar-refractivity contribution >= 4 is 0 Å². The first-order valence-corrected chi connectivity index (χ1v) is 4.67. The zero-order valence-electron chi connectivity index (χ0n) is 7.45. The second-order valence-electron chi connectivity index (χ2n) is 3.27. The molecule has 1 aromatic heterocycles. The second kappa shape index (κ2) is 3.27. The van der Waals surface area contributed by atoms with Crippen molar-refractivity contribution in [1.82, 2.24) is 15.1 Å². The molecule has 1 atom stereocenters. The molecule has 1 aromatic rings. The molecule has 3 nitrogen and oxygen atoms in total.